The van der Waals surface area contributed by atoms with E-state index in [1.165, 1.54) is 0 Å². The molecule has 2 aromatic carbocycles. The number of cyclic esters (lactones) is 1. The average Bonchev–Trinajstić information content (AvgIpc) is 2.75. The third-order valence-electron chi connectivity index (χ3n) is 3.55. The van der Waals surface area contributed by atoms with Crippen LogP contribution in [0, 0.1) is 0 Å². The molecular formula is C16H15NO2. The van der Waals surface area contributed by atoms with Crippen molar-refractivity contribution in [2.75, 3.05) is 14.1 Å². The van der Waals surface area contributed by atoms with Gasteiger partial charge in [-0.15, -0.1) is 0 Å². The molecule has 0 fully saturated rings. The number of hydrogen-bond donors (Lipinski definition) is 0. The molecule has 19 heavy (non-hydrogen) atoms. The van der Waals surface area contributed by atoms with E-state index in [-0.39, 0.29) is 5.97 Å². The summed E-state index contributed by atoms with van der Waals surface area (Å²) >= 11 is 0. The Labute approximate surface area is 112 Å². The van der Waals surface area contributed by atoms with E-state index in [1.807, 2.05) is 73.6 Å². The molecule has 0 aromatic heterocycles. The summed E-state index contributed by atoms with van der Waals surface area (Å²) in [6, 6.07) is 17.4. The van der Waals surface area contributed by atoms with E-state index in [0.29, 0.717) is 5.56 Å². The Balaban J connectivity index is 2.28. The van der Waals surface area contributed by atoms with Gasteiger partial charge in [-0.1, -0.05) is 48.5 Å². The molecule has 0 aliphatic carbocycles. The Bertz CT molecular complexity index is 622. The molecule has 1 heterocycles. The molecule has 0 radical (unpaired) electrons. The van der Waals surface area contributed by atoms with Gasteiger partial charge in [0.25, 0.3) is 0 Å². The lowest BCUT2D eigenvalue weighted by molar-refractivity contribution is -0.0620. The third-order valence-corrected chi connectivity index (χ3v) is 3.55. The van der Waals surface area contributed by atoms with E-state index < -0.39 is 5.72 Å². The number of nitrogens with zero attached hydrogens (tertiary/aromatic N) is 1. The van der Waals surface area contributed by atoms with Crippen molar-refractivity contribution in [2.24, 2.45) is 0 Å². The molecule has 1 atom stereocenters. The molecule has 0 unspecified atom stereocenters. The molecule has 0 spiro atoms. The molecule has 3 nitrogen and oxygen atoms in total. The molecule has 3 heteroatoms. The Morgan fingerprint density at radius 1 is 0.947 bits per heavy atom. The predicted molar refractivity (Wildman–Crippen MR) is 72.8 cm³/mol. The van der Waals surface area contributed by atoms with E-state index in [2.05, 4.69) is 0 Å². The normalized spacial score (nSPS) is 21.3. The van der Waals surface area contributed by atoms with Crippen LogP contribution in [0.5, 0.6) is 0 Å². The summed E-state index contributed by atoms with van der Waals surface area (Å²) in [5, 5.41) is 0. The van der Waals surface area contributed by atoms with Gasteiger partial charge in [-0.25, -0.2) is 4.79 Å². The summed E-state index contributed by atoms with van der Waals surface area (Å²) in [6.45, 7) is 0. The molecule has 0 saturated carbocycles. The molecule has 1 aliphatic rings. The molecular weight excluding hydrogens is 238 g/mol. The summed E-state index contributed by atoms with van der Waals surface area (Å²) < 4.78 is 5.75. The van der Waals surface area contributed by atoms with E-state index in [9.17, 15) is 4.79 Å². The monoisotopic (exact) mass is 253 g/mol. The number of rotatable bonds is 2. The second-order valence-electron chi connectivity index (χ2n) is 4.84. The van der Waals surface area contributed by atoms with Gasteiger partial charge in [0, 0.05) is 11.1 Å². The molecule has 2 aromatic rings. The van der Waals surface area contributed by atoms with Gasteiger partial charge < -0.3 is 4.74 Å². The SMILES string of the molecule is CN(C)[C@]1(c2ccccc2)OC(=O)c2ccccc21. The summed E-state index contributed by atoms with van der Waals surface area (Å²) in [6.07, 6.45) is 0. The number of carbonyl (C=O) groups excluding carboxylic acids is 1. The smallest absolute Gasteiger partial charge is 0.340 e. The van der Waals surface area contributed by atoms with Gasteiger partial charge in [-0.3, -0.25) is 4.90 Å². The van der Waals surface area contributed by atoms with Crippen molar-refractivity contribution in [1.29, 1.82) is 0 Å². The van der Waals surface area contributed by atoms with Crippen LogP contribution in [0.4, 0.5) is 0 Å². The molecule has 0 amide bonds. The highest BCUT2D eigenvalue weighted by molar-refractivity contribution is 5.95. The van der Waals surface area contributed by atoms with Gasteiger partial charge in [-0.05, 0) is 20.2 Å². The minimum atomic E-state index is -0.824. The van der Waals surface area contributed by atoms with Crippen LogP contribution in [-0.2, 0) is 10.5 Å². The Morgan fingerprint density at radius 3 is 2.26 bits per heavy atom. The van der Waals surface area contributed by atoms with E-state index in [0.717, 1.165) is 11.1 Å². The summed E-state index contributed by atoms with van der Waals surface area (Å²) in [5.41, 5.74) is 1.67. The maximum Gasteiger partial charge on any atom is 0.340 e. The quantitative estimate of drug-likeness (QED) is 0.770. The van der Waals surface area contributed by atoms with Crippen LogP contribution >= 0.6 is 0 Å². The maximum absolute atomic E-state index is 12.1. The Kier molecular flexibility index (Phi) is 2.64. The van der Waals surface area contributed by atoms with Gasteiger partial charge >= 0.3 is 5.97 Å². The van der Waals surface area contributed by atoms with Gasteiger partial charge in [0.2, 0.25) is 5.72 Å². The largest absolute Gasteiger partial charge is 0.431 e. The number of carbonyl (C=O) groups is 1. The number of hydrogen-bond acceptors (Lipinski definition) is 3. The van der Waals surface area contributed by atoms with Crippen molar-refractivity contribution in [3.8, 4) is 0 Å². The standard InChI is InChI=1S/C16H15NO2/c1-17(2)16(12-8-4-3-5-9-12)14-11-7-6-10-13(14)15(18)19-16/h3-11H,1-2H3/t16-/m1/s1. The highest BCUT2D eigenvalue weighted by atomic mass is 16.6. The molecule has 0 N–H and O–H groups in total. The van der Waals surface area contributed by atoms with Crippen molar-refractivity contribution in [3.05, 3.63) is 71.3 Å². The van der Waals surface area contributed by atoms with E-state index in [4.69, 9.17) is 4.74 Å². The van der Waals surface area contributed by atoms with Gasteiger partial charge in [0.15, 0.2) is 0 Å². The lowest BCUT2D eigenvalue weighted by atomic mass is 9.92. The van der Waals surface area contributed by atoms with Crippen molar-refractivity contribution in [1.82, 2.24) is 4.90 Å². The van der Waals surface area contributed by atoms with Gasteiger partial charge in [0.1, 0.15) is 0 Å². The highest BCUT2D eigenvalue weighted by Crippen LogP contribution is 2.42. The molecule has 1 aliphatic heterocycles. The minimum Gasteiger partial charge on any atom is -0.431 e. The van der Waals surface area contributed by atoms with Crippen LogP contribution in [0.3, 0.4) is 0 Å². The summed E-state index contributed by atoms with van der Waals surface area (Å²) in [4.78, 5) is 14.0. The number of benzene rings is 2. The van der Waals surface area contributed by atoms with Crippen LogP contribution in [0.15, 0.2) is 54.6 Å². The molecule has 3 rings (SSSR count). The lowest BCUT2D eigenvalue weighted by Crippen LogP contribution is -2.42. The fourth-order valence-electron chi connectivity index (χ4n) is 2.67. The van der Waals surface area contributed by atoms with Crippen LogP contribution < -0.4 is 0 Å². The lowest BCUT2D eigenvalue weighted by Gasteiger charge is -2.35. The number of esters is 1. The average molecular weight is 253 g/mol. The van der Waals surface area contributed by atoms with Crippen LogP contribution in [-0.4, -0.2) is 25.0 Å². The number of ether oxygens (including phenoxy) is 1. The molecule has 96 valence electrons. The molecule has 0 bridgehead atoms. The number of fused-ring (bicyclic) bond motifs is 1. The van der Waals surface area contributed by atoms with Crippen molar-refractivity contribution in [3.63, 3.8) is 0 Å². The zero-order valence-electron chi connectivity index (χ0n) is 11.0. The van der Waals surface area contributed by atoms with Gasteiger partial charge in [0.05, 0.1) is 5.56 Å². The first-order chi connectivity index (χ1) is 9.16. The predicted octanol–water partition coefficient (Wildman–Crippen LogP) is 2.62. The fraction of sp³-hybridized carbons (Fsp3) is 0.188. The zero-order valence-corrected chi connectivity index (χ0v) is 11.0. The maximum atomic E-state index is 12.1. The topological polar surface area (TPSA) is 29.5 Å². The fourth-order valence-corrected chi connectivity index (χ4v) is 2.67. The highest BCUT2D eigenvalue weighted by Gasteiger charge is 2.48. The first-order valence-electron chi connectivity index (χ1n) is 6.22. The summed E-state index contributed by atoms with van der Waals surface area (Å²) in [7, 11) is 3.84. The van der Waals surface area contributed by atoms with Crippen molar-refractivity contribution < 1.29 is 9.53 Å². The summed E-state index contributed by atoms with van der Waals surface area (Å²) in [5.74, 6) is -0.270. The Morgan fingerprint density at radius 2 is 1.58 bits per heavy atom. The third kappa shape index (κ3) is 1.59. The molecule has 0 saturated heterocycles. The van der Waals surface area contributed by atoms with Crippen LogP contribution in [0.1, 0.15) is 21.5 Å². The van der Waals surface area contributed by atoms with E-state index >= 15 is 0 Å². The van der Waals surface area contributed by atoms with Crippen molar-refractivity contribution in [2.45, 2.75) is 5.72 Å². The van der Waals surface area contributed by atoms with Crippen LogP contribution in [0.25, 0.3) is 0 Å². The van der Waals surface area contributed by atoms with E-state index in [1.54, 1.807) is 0 Å². The second-order valence-corrected chi connectivity index (χ2v) is 4.84. The van der Waals surface area contributed by atoms with Gasteiger partial charge in [-0.2, -0.15) is 0 Å². The zero-order chi connectivity index (χ0) is 13.5. The Hall–Kier alpha value is -2.13. The minimum absolute atomic E-state index is 0.270. The second kappa shape index (κ2) is 4.21. The first kappa shape index (κ1) is 11.9. The first-order valence-corrected chi connectivity index (χ1v) is 6.22. The van der Waals surface area contributed by atoms with Crippen molar-refractivity contribution >= 4 is 5.97 Å². The van der Waals surface area contributed by atoms with Crippen LogP contribution in [0.2, 0.25) is 0 Å².